The smallest absolute Gasteiger partial charge is 0.251 e. The Bertz CT molecular complexity index is 1120. The standard InChI is InChI=1S/C23H24ClN5O2S/c1-28-20(26-27-23(28)32-15-16-4-2-5-18(24)14-16)11-12-25-22(31)17-7-9-19(10-8-17)29-13-3-6-21(29)30/h2,4-5,7-10,14H,3,6,11-13,15H2,1H3,(H,25,31). The van der Waals surface area contributed by atoms with Crippen LogP contribution in [0.4, 0.5) is 5.69 Å². The average Bonchev–Trinajstić information content (AvgIpc) is 3.38. The molecule has 0 unspecified atom stereocenters. The van der Waals surface area contributed by atoms with Gasteiger partial charge in [-0.1, -0.05) is 35.5 Å². The molecule has 2 amide bonds. The molecule has 0 atom stereocenters. The number of carbonyl (C=O) groups excluding carboxylic acids is 2. The first-order valence-electron chi connectivity index (χ1n) is 10.5. The lowest BCUT2D eigenvalue weighted by molar-refractivity contribution is -0.117. The third-order valence-corrected chi connectivity index (χ3v) is 6.66. The van der Waals surface area contributed by atoms with Crippen LogP contribution in [0.1, 0.15) is 34.6 Å². The summed E-state index contributed by atoms with van der Waals surface area (Å²) in [4.78, 5) is 26.1. The van der Waals surface area contributed by atoms with E-state index in [1.165, 1.54) is 0 Å². The van der Waals surface area contributed by atoms with Crippen LogP contribution in [-0.4, -0.2) is 39.7 Å². The number of amides is 2. The Hall–Kier alpha value is -2.84. The van der Waals surface area contributed by atoms with E-state index in [1.807, 2.05) is 48.0 Å². The summed E-state index contributed by atoms with van der Waals surface area (Å²) in [6.45, 7) is 1.19. The predicted molar refractivity (Wildman–Crippen MR) is 126 cm³/mol. The van der Waals surface area contributed by atoms with E-state index in [9.17, 15) is 9.59 Å². The SMILES string of the molecule is Cn1c(CCNC(=O)c2ccc(N3CCCC3=O)cc2)nnc1SCc1cccc(Cl)c1. The molecule has 0 saturated carbocycles. The van der Waals surface area contributed by atoms with Crippen LogP contribution >= 0.6 is 23.4 Å². The molecule has 0 bridgehead atoms. The average molecular weight is 470 g/mol. The number of halogens is 1. The summed E-state index contributed by atoms with van der Waals surface area (Å²) in [7, 11) is 1.93. The Morgan fingerprint density at radius 1 is 1.19 bits per heavy atom. The highest BCUT2D eigenvalue weighted by molar-refractivity contribution is 7.98. The van der Waals surface area contributed by atoms with Crippen molar-refractivity contribution in [3.05, 3.63) is 70.5 Å². The van der Waals surface area contributed by atoms with Gasteiger partial charge in [0.15, 0.2) is 5.16 Å². The maximum Gasteiger partial charge on any atom is 0.251 e. The van der Waals surface area contributed by atoms with Crippen LogP contribution in [0.25, 0.3) is 0 Å². The molecular weight excluding hydrogens is 446 g/mol. The first-order valence-corrected chi connectivity index (χ1v) is 11.8. The largest absolute Gasteiger partial charge is 0.352 e. The van der Waals surface area contributed by atoms with Gasteiger partial charge in [0.1, 0.15) is 5.82 Å². The maximum atomic E-state index is 12.5. The van der Waals surface area contributed by atoms with Gasteiger partial charge < -0.3 is 14.8 Å². The molecule has 3 aromatic rings. The number of carbonyl (C=O) groups is 2. The van der Waals surface area contributed by atoms with Gasteiger partial charge in [-0.05, 0) is 48.4 Å². The molecule has 0 aliphatic carbocycles. The van der Waals surface area contributed by atoms with Crippen molar-refractivity contribution in [1.29, 1.82) is 0 Å². The molecule has 0 radical (unpaired) electrons. The Morgan fingerprint density at radius 2 is 2.00 bits per heavy atom. The molecule has 1 aliphatic heterocycles. The lowest BCUT2D eigenvalue weighted by Crippen LogP contribution is -2.27. The monoisotopic (exact) mass is 469 g/mol. The van der Waals surface area contributed by atoms with E-state index in [1.54, 1.807) is 28.8 Å². The van der Waals surface area contributed by atoms with Crippen LogP contribution in [0.3, 0.4) is 0 Å². The molecule has 2 heterocycles. The fourth-order valence-electron chi connectivity index (χ4n) is 3.57. The third kappa shape index (κ3) is 5.31. The number of benzene rings is 2. The molecule has 1 aromatic heterocycles. The van der Waals surface area contributed by atoms with Crippen LogP contribution in [0.2, 0.25) is 5.02 Å². The van der Waals surface area contributed by atoms with Gasteiger partial charge in [0.25, 0.3) is 5.91 Å². The molecule has 32 heavy (non-hydrogen) atoms. The molecular formula is C23H24ClN5O2S. The topological polar surface area (TPSA) is 80.1 Å². The third-order valence-electron chi connectivity index (χ3n) is 5.33. The van der Waals surface area contributed by atoms with Crippen LogP contribution in [0, 0.1) is 0 Å². The molecule has 1 aliphatic rings. The van der Waals surface area contributed by atoms with Gasteiger partial charge in [-0.2, -0.15) is 0 Å². The number of anilines is 1. The zero-order valence-electron chi connectivity index (χ0n) is 17.8. The summed E-state index contributed by atoms with van der Waals surface area (Å²) in [6, 6.07) is 14.9. The van der Waals surface area contributed by atoms with Crippen molar-refractivity contribution in [2.75, 3.05) is 18.0 Å². The molecule has 166 valence electrons. The number of hydrogen-bond donors (Lipinski definition) is 1. The van der Waals surface area contributed by atoms with Crippen molar-refractivity contribution in [3.8, 4) is 0 Å². The Morgan fingerprint density at radius 3 is 2.72 bits per heavy atom. The number of rotatable bonds is 8. The Labute approximate surface area is 196 Å². The van der Waals surface area contributed by atoms with E-state index < -0.39 is 0 Å². The lowest BCUT2D eigenvalue weighted by Gasteiger charge is -2.15. The second-order valence-electron chi connectivity index (χ2n) is 7.58. The highest BCUT2D eigenvalue weighted by atomic mass is 35.5. The summed E-state index contributed by atoms with van der Waals surface area (Å²) in [6.07, 6.45) is 2.04. The second kappa shape index (κ2) is 10.2. The maximum absolute atomic E-state index is 12.5. The van der Waals surface area contributed by atoms with Crippen molar-refractivity contribution in [2.45, 2.75) is 30.2 Å². The highest BCUT2D eigenvalue weighted by Gasteiger charge is 2.21. The fraction of sp³-hybridized carbons (Fsp3) is 0.304. The summed E-state index contributed by atoms with van der Waals surface area (Å²) < 4.78 is 1.95. The van der Waals surface area contributed by atoms with E-state index in [2.05, 4.69) is 15.5 Å². The van der Waals surface area contributed by atoms with Crippen molar-refractivity contribution < 1.29 is 9.59 Å². The molecule has 2 aromatic carbocycles. The first kappa shape index (κ1) is 22.4. The minimum Gasteiger partial charge on any atom is -0.352 e. The van der Waals surface area contributed by atoms with E-state index in [-0.39, 0.29) is 11.8 Å². The molecule has 9 heteroatoms. The Kier molecular flexibility index (Phi) is 7.12. The Balaban J connectivity index is 1.27. The van der Waals surface area contributed by atoms with Gasteiger partial charge in [-0.3, -0.25) is 9.59 Å². The quantitative estimate of drug-likeness (QED) is 0.507. The number of hydrogen-bond acceptors (Lipinski definition) is 5. The van der Waals surface area contributed by atoms with Crippen molar-refractivity contribution in [1.82, 2.24) is 20.1 Å². The predicted octanol–water partition coefficient (Wildman–Crippen LogP) is 3.86. The van der Waals surface area contributed by atoms with Gasteiger partial charge in [0, 0.05) is 55.0 Å². The number of nitrogens with zero attached hydrogens (tertiary/aromatic N) is 4. The van der Waals surface area contributed by atoms with Crippen LogP contribution in [-0.2, 0) is 24.0 Å². The van der Waals surface area contributed by atoms with Crippen LogP contribution in [0.5, 0.6) is 0 Å². The van der Waals surface area contributed by atoms with E-state index in [0.717, 1.165) is 46.0 Å². The van der Waals surface area contributed by atoms with Gasteiger partial charge in [-0.25, -0.2) is 0 Å². The van der Waals surface area contributed by atoms with E-state index in [4.69, 9.17) is 11.6 Å². The molecule has 7 nitrogen and oxygen atoms in total. The molecule has 4 rings (SSSR count). The molecule has 0 spiro atoms. The summed E-state index contributed by atoms with van der Waals surface area (Å²) in [5.41, 5.74) is 2.53. The summed E-state index contributed by atoms with van der Waals surface area (Å²) in [5, 5.41) is 13.0. The van der Waals surface area contributed by atoms with Crippen LogP contribution < -0.4 is 10.2 Å². The van der Waals surface area contributed by atoms with Gasteiger partial charge in [0.2, 0.25) is 5.91 Å². The molecule has 1 saturated heterocycles. The normalized spacial score (nSPS) is 13.6. The minimum absolute atomic E-state index is 0.135. The van der Waals surface area contributed by atoms with Crippen molar-refractivity contribution in [2.24, 2.45) is 7.05 Å². The van der Waals surface area contributed by atoms with Gasteiger partial charge in [-0.15, -0.1) is 10.2 Å². The van der Waals surface area contributed by atoms with Crippen LogP contribution in [0.15, 0.2) is 53.7 Å². The summed E-state index contributed by atoms with van der Waals surface area (Å²) in [5.74, 6) is 1.54. The zero-order chi connectivity index (χ0) is 22.5. The fourth-order valence-corrected chi connectivity index (χ4v) is 4.65. The highest BCUT2D eigenvalue weighted by Crippen LogP contribution is 2.23. The zero-order valence-corrected chi connectivity index (χ0v) is 19.3. The van der Waals surface area contributed by atoms with E-state index in [0.29, 0.717) is 24.9 Å². The second-order valence-corrected chi connectivity index (χ2v) is 8.96. The van der Waals surface area contributed by atoms with Gasteiger partial charge in [0.05, 0.1) is 0 Å². The molecule has 1 fully saturated rings. The number of aromatic nitrogens is 3. The summed E-state index contributed by atoms with van der Waals surface area (Å²) >= 11 is 7.63. The van der Waals surface area contributed by atoms with E-state index >= 15 is 0 Å². The van der Waals surface area contributed by atoms with Crippen molar-refractivity contribution >= 4 is 40.9 Å². The number of nitrogens with one attached hydrogen (secondary N) is 1. The van der Waals surface area contributed by atoms with Gasteiger partial charge >= 0.3 is 0 Å². The number of thioether (sulfide) groups is 1. The van der Waals surface area contributed by atoms with Crippen molar-refractivity contribution in [3.63, 3.8) is 0 Å². The minimum atomic E-state index is -0.151. The molecule has 1 N–H and O–H groups in total. The lowest BCUT2D eigenvalue weighted by atomic mass is 10.2. The first-order chi connectivity index (χ1) is 15.5.